The summed E-state index contributed by atoms with van der Waals surface area (Å²) < 4.78 is 62.7. The Kier molecular flexibility index (Phi) is 9.73. The molecule has 1 unspecified atom stereocenters. The summed E-state index contributed by atoms with van der Waals surface area (Å²) in [5, 5.41) is 22.2. The van der Waals surface area contributed by atoms with Gasteiger partial charge in [-0.25, -0.2) is 0 Å². The van der Waals surface area contributed by atoms with E-state index in [1.54, 1.807) is 31.2 Å². The van der Waals surface area contributed by atoms with Crippen LogP contribution in [0.4, 0.5) is 0 Å². The molecule has 0 radical (unpaired) electrons. The molecule has 2 aromatic rings. The number of hydrogen-bond acceptors (Lipinski definition) is 16. The number of carbonyl (C=O) groups is 3. The highest BCUT2D eigenvalue weighted by Gasteiger charge is 2.56. The van der Waals surface area contributed by atoms with Gasteiger partial charge in [-0.1, -0.05) is 6.92 Å². The summed E-state index contributed by atoms with van der Waals surface area (Å²) in [4.78, 5) is 38.4. The summed E-state index contributed by atoms with van der Waals surface area (Å²) in [6, 6.07) is 6.83. The third kappa shape index (κ3) is 6.33. The summed E-state index contributed by atoms with van der Waals surface area (Å²) >= 11 is 0. The van der Waals surface area contributed by atoms with E-state index < -0.39 is 84.7 Å². The Balaban J connectivity index is 1.27. The van der Waals surface area contributed by atoms with Crippen molar-refractivity contribution < 1.29 is 76.7 Å². The maximum absolute atomic E-state index is 13.7. The van der Waals surface area contributed by atoms with Gasteiger partial charge in [0.1, 0.15) is 24.4 Å². The van der Waals surface area contributed by atoms with Crippen LogP contribution in [0.2, 0.25) is 0 Å². The van der Waals surface area contributed by atoms with Gasteiger partial charge in [-0.15, -0.1) is 0 Å². The van der Waals surface area contributed by atoms with Gasteiger partial charge in [0.25, 0.3) is 0 Å². The van der Waals surface area contributed by atoms with Crippen molar-refractivity contribution >= 4 is 17.9 Å². The van der Waals surface area contributed by atoms with Crippen LogP contribution >= 0.6 is 0 Å². The predicted octanol–water partition coefficient (Wildman–Crippen LogP) is 1.74. The SMILES string of the molecule is COC(=O)CC(C)C(=O)Oc1c(OC)cc([C@@H]2c3cc4c(cc3[C@@H](O[C@@H]3O[C@@H]5CO[C@@H](C)O[C@H]5[C@H](O)[C@H]3O)[C@H]3COC(=O)[C@H]23)OCO4)cc1OC. The minimum absolute atomic E-state index is 0.00990. The number of cyclic esters (lactones) is 1. The van der Waals surface area contributed by atoms with Crippen molar-refractivity contribution in [3.63, 3.8) is 0 Å². The second kappa shape index (κ2) is 14.1. The van der Waals surface area contributed by atoms with E-state index in [0.717, 1.165) is 0 Å². The van der Waals surface area contributed by atoms with E-state index in [-0.39, 0.29) is 43.7 Å². The Morgan fingerprint density at radius 3 is 2.27 bits per heavy atom. The molecule has 0 amide bonds. The number of aliphatic hydroxyl groups excluding tert-OH is 2. The highest BCUT2D eigenvalue weighted by molar-refractivity contribution is 5.82. The molecule has 0 saturated carbocycles. The number of aliphatic hydroxyl groups is 2. The number of carbonyl (C=O) groups excluding carboxylic acids is 3. The Morgan fingerprint density at radius 2 is 1.61 bits per heavy atom. The molecule has 16 heteroatoms. The van der Waals surface area contributed by atoms with Gasteiger partial charge in [-0.2, -0.15) is 0 Å². The number of hydrogen-bond donors (Lipinski definition) is 2. The Hall–Kier alpha value is -4.19. The van der Waals surface area contributed by atoms with Crippen molar-refractivity contribution in [1.29, 1.82) is 0 Å². The van der Waals surface area contributed by atoms with E-state index in [1.807, 2.05) is 0 Å². The van der Waals surface area contributed by atoms with E-state index in [4.69, 9.17) is 47.4 Å². The molecule has 4 heterocycles. The van der Waals surface area contributed by atoms with Crippen LogP contribution in [0, 0.1) is 17.8 Å². The second-order valence-corrected chi connectivity index (χ2v) is 13.1. The molecule has 1 aliphatic carbocycles. The average Bonchev–Trinajstić information content (AvgIpc) is 3.75. The minimum atomic E-state index is -1.48. The Morgan fingerprint density at radius 1 is 0.922 bits per heavy atom. The lowest BCUT2D eigenvalue weighted by Crippen LogP contribution is -2.63. The number of fused-ring (bicyclic) bond motifs is 4. The molecule has 3 fully saturated rings. The lowest BCUT2D eigenvalue weighted by atomic mass is 9.66. The lowest BCUT2D eigenvalue weighted by molar-refractivity contribution is -0.364. The molecule has 51 heavy (non-hydrogen) atoms. The zero-order valence-corrected chi connectivity index (χ0v) is 28.6. The molecule has 0 aromatic heterocycles. The molecule has 0 spiro atoms. The molecule has 2 N–H and O–H groups in total. The van der Waals surface area contributed by atoms with Crippen LogP contribution in [0.1, 0.15) is 49.0 Å². The fourth-order valence-electron chi connectivity index (χ4n) is 7.44. The van der Waals surface area contributed by atoms with E-state index in [2.05, 4.69) is 4.74 Å². The number of rotatable bonds is 9. The van der Waals surface area contributed by atoms with Gasteiger partial charge in [0, 0.05) is 11.8 Å². The molecule has 16 nitrogen and oxygen atoms in total. The second-order valence-electron chi connectivity index (χ2n) is 13.1. The van der Waals surface area contributed by atoms with Crippen LogP contribution in [-0.4, -0.2) is 106 Å². The molecule has 0 bridgehead atoms. The Bertz CT molecular complexity index is 1650. The third-order valence-electron chi connectivity index (χ3n) is 10.0. The molecule has 3 saturated heterocycles. The predicted molar refractivity (Wildman–Crippen MR) is 168 cm³/mol. The van der Waals surface area contributed by atoms with E-state index in [9.17, 15) is 24.6 Å². The average molecular weight is 717 g/mol. The van der Waals surface area contributed by atoms with Gasteiger partial charge in [-0.3, -0.25) is 14.4 Å². The number of ether oxygens (including phenoxy) is 11. The summed E-state index contributed by atoms with van der Waals surface area (Å²) in [5.74, 6) is -3.49. The van der Waals surface area contributed by atoms with E-state index in [1.165, 1.54) is 28.3 Å². The molecular weight excluding hydrogens is 676 g/mol. The van der Waals surface area contributed by atoms with Crippen molar-refractivity contribution in [3.05, 3.63) is 41.0 Å². The van der Waals surface area contributed by atoms with Gasteiger partial charge in [0.05, 0.1) is 58.9 Å². The number of esters is 3. The van der Waals surface area contributed by atoms with E-state index in [0.29, 0.717) is 28.2 Å². The minimum Gasteiger partial charge on any atom is -0.493 e. The Labute approximate surface area is 292 Å². The first-order valence-corrected chi connectivity index (χ1v) is 16.6. The largest absolute Gasteiger partial charge is 0.493 e. The molecule has 5 aliphatic rings. The number of methoxy groups -OCH3 is 3. The monoisotopic (exact) mass is 716 g/mol. The zero-order chi connectivity index (χ0) is 36.1. The normalized spacial score (nSPS) is 32.5. The van der Waals surface area contributed by atoms with Gasteiger partial charge in [0.15, 0.2) is 35.6 Å². The van der Waals surface area contributed by atoms with Gasteiger partial charge in [-0.05, 0) is 47.9 Å². The van der Waals surface area contributed by atoms with Crippen LogP contribution in [0.5, 0.6) is 28.7 Å². The topological polar surface area (TPSA) is 193 Å². The van der Waals surface area contributed by atoms with Crippen LogP contribution in [-0.2, 0) is 42.8 Å². The molecule has 4 aliphatic heterocycles. The van der Waals surface area contributed by atoms with Crippen molar-refractivity contribution in [2.24, 2.45) is 17.8 Å². The van der Waals surface area contributed by atoms with Crippen molar-refractivity contribution in [3.8, 4) is 28.7 Å². The van der Waals surface area contributed by atoms with Crippen molar-refractivity contribution in [2.45, 2.75) is 69.3 Å². The zero-order valence-electron chi connectivity index (χ0n) is 28.6. The fraction of sp³-hybridized carbons (Fsp3) is 0.571. The first kappa shape index (κ1) is 35.2. The molecule has 7 rings (SSSR count). The maximum atomic E-state index is 13.7. The van der Waals surface area contributed by atoms with E-state index >= 15 is 0 Å². The lowest BCUT2D eigenvalue weighted by Gasteiger charge is -2.47. The molecule has 276 valence electrons. The highest BCUT2D eigenvalue weighted by Crippen LogP contribution is 2.57. The van der Waals surface area contributed by atoms with Crippen LogP contribution < -0.4 is 23.7 Å². The summed E-state index contributed by atoms with van der Waals surface area (Å²) in [7, 11) is 4.03. The smallest absolute Gasteiger partial charge is 0.314 e. The first-order chi connectivity index (χ1) is 24.5. The van der Waals surface area contributed by atoms with Crippen LogP contribution in [0.15, 0.2) is 24.3 Å². The summed E-state index contributed by atoms with van der Waals surface area (Å²) in [6.07, 6.45) is -7.31. The standard InChI is InChI=1S/C35H40O16/c1-14(6-25(36)43-5)33(39)50-31-22(41-3)7-16(8-23(31)42-4)26-17-9-20-21(47-13-46-20)10-18(17)30(19-11-45-34(40)27(19)26)51-35-29(38)28(37)32-24(49-35)12-44-15(2)48-32/h7-10,14-15,19,24,26-30,32,35,37-38H,6,11-13H2,1-5H3/t14?,15-,19+,24-,26-,27+,28-,29-,30-,32-,35+/m1/s1. The summed E-state index contributed by atoms with van der Waals surface area (Å²) in [5.41, 5.74) is 1.81. The van der Waals surface area contributed by atoms with Gasteiger partial charge >= 0.3 is 17.9 Å². The third-order valence-corrected chi connectivity index (χ3v) is 10.0. The first-order valence-electron chi connectivity index (χ1n) is 16.6. The van der Waals surface area contributed by atoms with Crippen LogP contribution in [0.25, 0.3) is 0 Å². The number of benzene rings is 2. The maximum Gasteiger partial charge on any atom is 0.314 e. The molecule has 2 aromatic carbocycles. The summed E-state index contributed by atoms with van der Waals surface area (Å²) in [6.45, 7) is 3.31. The van der Waals surface area contributed by atoms with Crippen molar-refractivity contribution in [2.75, 3.05) is 41.3 Å². The van der Waals surface area contributed by atoms with Gasteiger partial charge in [0.2, 0.25) is 12.5 Å². The highest BCUT2D eigenvalue weighted by atomic mass is 16.8. The van der Waals surface area contributed by atoms with Gasteiger partial charge < -0.3 is 62.3 Å². The van der Waals surface area contributed by atoms with Crippen molar-refractivity contribution in [1.82, 2.24) is 0 Å². The fourth-order valence-corrected chi connectivity index (χ4v) is 7.44. The van der Waals surface area contributed by atoms with Crippen LogP contribution in [0.3, 0.4) is 0 Å². The molecular formula is C35H40O16. The molecule has 11 atom stereocenters. The quantitative estimate of drug-likeness (QED) is 0.281.